The molecule has 0 saturated carbocycles. The number of benzene rings is 1. The molecule has 2 nitrogen and oxygen atoms in total. The molecule has 0 aliphatic heterocycles. The van der Waals surface area contributed by atoms with Gasteiger partial charge in [0.2, 0.25) is 0 Å². The van der Waals surface area contributed by atoms with Gasteiger partial charge in [-0.15, -0.1) is 0 Å². The van der Waals surface area contributed by atoms with Crippen molar-refractivity contribution in [2.75, 3.05) is 0 Å². The first-order valence-corrected chi connectivity index (χ1v) is 3.38. The summed E-state index contributed by atoms with van der Waals surface area (Å²) in [5.74, 6) is -0.312. The van der Waals surface area contributed by atoms with E-state index < -0.39 is 0 Å². The Labute approximate surface area is 65.8 Å². The van der Waals surface area contributed by atoms with Crippen LogP contribution >= 0.6 is 0 Å². The molecule has 0 amide bonds. The van der Waals surface area contributed by atoms with Crippen LogP contribution in [0.5, 0.6) is 0 Å². The lowest BCUT2D eigenvalue weighted by molar-refractivity contribution is 0.0612. The third kappa shape index (κ3) is 2.08. The van der Waals surface area contributed by atoms with Crippen molar-refractivity contribution in [2.45, 2.75) is 6.92 Å². The van der Waals surface area contributed by atoms with Gasteiger partial charge >= 0.3 is 5.97 Å². The lowest BCUT2D eigenvalue weighted by Gasteiger charge is -1.98. The van der Waals surface area contributed by atoms with Crippen LogP contribution in [0.2, 0.25) is 0 Å². The molecule has 0 aliphatic rings. The predicted octanol–water partition coefficient (Wildman–Crippen LogP) is 2.03. The maximum absolute atomic E-state index is 11.0. The molecule has 1 aromatic carbocycles. The smallest absolute Gasteiger partial charge is 0.338 e. The van der Waals surface area contributed by atoms with Crippen molar-refractivity contribution in [1.29, 1.82) is 0 Å². The third-order valence-electron chi connectivity index (χ3n) is 1.23. The number of rotatable bonds is 2. The molecule has 0 saturated heterocycles. The molecule has 0 heterocycles. The summed E-state index contributed by atoms with van der Waals surface area (Å²) in [5.41, 5.74) is 0.575. The molecule has 1 aromatic rings. The molecule has 0 bridgehead atoms. The molecule has 0 N–H and O–H groups in total. The zero-order valence-corrected chi connectivity index (χ0v) is 6.28. The van der Waals surface area contributed by atoms with Gasteiger partial charge in [-0.2, -0.15) is 0 Å². The number of carbonyl (C=O) groups excluding carboxylic acids is 1. The standard InChI is InChI=1S/C9H9O2/c1-2-11-9(10)8-6-4-3-5-7-8/h2-7H,1H3. The van der Waals surface area contributed by atoms with E-state index in [1.54, 1.807) is 31.2 Å². The number of hydrogen-bond donors (Lipinski definition) is 0. The fraction of sp³-hybridized carbons (Fsp3) is 0.111. The quantitative estimate of drug-likeness (QED) is 0.601. The van der Waals surface area contributed by atoms with Gasteiger partial charge in [-0.3, -0.25) is 0 Å². The Balaban J connectivity index is 2.69. The van der Waals surface area contributed by atoms with E-state index in [2.05, 4.69) is 4.74 Å². The minimum absolute atomic E-state index is 0.312. The number of ether oxygens (including phenoxy) is 1. The minimum Gasteiger partial charge on any atom is -0.455 e. The normalized spacial score (nSPS) is 9.18. The summed E-state index contributed by atoms with van der Waals surface area (Å²) < 4.78 is 4.66. The Morgan fingerprint density at radius 1 is 1.36 bits per heavy atom. The van der Waals surface area contributed by atoms with Crippen molar-refractivity contribution >= 4 is 5.97 Å². The van der Waals surface area contributed by atoms with Crippen molar-refractivity contribution < 1.29 is 9.53 Å². The molecule has 1 rings (SSSR count). The van der Waals surface area contributed by atoms with Crippen LogP contribution in [-0.2, 0) is 4.74 Å². The molecule has 11 heavy (non-hydrogen) atoms. The Morgan fingerprint density at radius 3 is 2.55 bits per heavy atom. The van der Waals surface area contributed by atoms with Crippen molar-refractivity contribution in [3.05, 3.63) is 42.5 Å². The van der Waals surface area contributed by atoms with E-state index >= 15 is 0 Å². The van der Waals surface area contributed by atoms with Crippen LogP contribution in [0.25, 0.3) is 0 Å². The molecule has 0 fully saturated rings. The Hall–Kier alpha value is -1.31. The lowest BCUT2D eigenvalue weighted by atomic mass is 10.2. The Kier molecular flexibility index (Phi) is 2.66. The van der Waals surface area contributed by atoms with Crippen molar-refractivity contribution in [2.24, 2.45) is 0 Å². The van der Waals surface area contributed by atoms with Crippen molar-refractivity contribution in [3.63, 3.8) is 0 Å². The van der Waals surface area contributed by atoms with Crippen LogP contribution < -0.4 is 0 Å². The highest BCUT2D eigenvalue weighted by Crippen LogP contribution is 2.00. The molecule has 0 aliphatic carbocycles. The van der Waals surface area contributed by atoms with Crippen LogP contribution in [0.1, 0.15) is 17.3 Å². The molecule has 0 unspecified atom stereocenters. The SMILES string of the molecule is C[CH]OC(=O)c1ccccc1. The molecule has 1 radical (unpaired) electrons. The van der Waals surface area contributed by atoms with Crippen molar-refractivity contribution in [3.8, 4) is 0 Å². The average Bonchev–Trinajstić information content (AvgIpc) is 2.07. The van der Waals surface area contributed by atoms with Gasteiger partial charge in [0.05, 0.1) is 5.56 Å². The molecule has 2 heteroatoms. The summed E-state index contributed by atoms with van der Waals surface area (Å²) >= 11 is 0. The van der Waals surface area contributed by atoms with Crippen LogP contribution in [-0.4, -0.2) is 5.97 Å². The molecule has 0 spiro atoms. The van der Waals surface area contributed by atoms with E-state index in [-0.39, 0.29) is 5.97 Å². The lowest BCUT2D eigenvalue weighted by Crippen LogP contribution is -2.00. The van der Waals surface area contributed by atoms with Crippen LogP contribution in [0.4, 0.5) is 0 Å². The maximum atomic E-state index is 11.0. The minimum atomic E-state index is -0.312. The number of esters is 1. The topological polar surface area (TPSA) is 26.3 Å². The van der Waals surface area contributed by atoms with E-state index in [0.29, 0.717) is 5.56 Å². The molecule has 0 aromatic heterocycles. The predicted molar refractivity (Wildman–Crippen MR) is 41.8 cm³/mol. The van der Waals surface area contributed by atoms with Gasteiger partial charge in [0.25, 0.3) is 0 Å². The summed E-state index contributed by atoms with van der Waals surface area (Å²) in [7, 11) is 0. The van der Waals surface area contributed by atoms with Gasteiger partial charge < -0.3 is 4.74 Å². The van der Waals surface area contributed by atoms with Gasteiger partial charge in [0.1, 0.15) is 6.61 Å². The highest BCUT2D eigenvalue weighted by atomic mass is 16.5. The zero-order chi connectivity index (χ0) is 8.10. The first-order chi connectivity index (χ1) is 5.34. The zero-order valence-electron chi connectivity index (χ0n) is 6.28. The van der Waals surface area contributed by atoms with Gasteiger partial charge in [0, 0.05) is 0 Å². The first kappa shape index (κ1) is 7.79. The summed E-state index contributed by atoms with van der Waals surface area (Å²) in [5, 5.41) is 0. The molecular weight excluding hydrogens is 140 g/mol. The highest BCUT2D eigenvalue weighted by molar-refractivity contribution is 5.89. The van der Waals surface area contributed by atoms with Crippen LogP contribution in [0.15, 0.2) is 30.3 Å². The number of carbonyl (C=O) groups is 1. The van der Waals surface area contributed by atoms with Gasteiger partial charge in [-0.25, -0.2) is 4.79 Å². The second-order valence-corrected chi connectivity index (χ2v) is 2.01. The van der Waals surface area contributed by atoms with Gasteiger partial charge in [0.15, 0.2) is 0 Å². The van der Waals surface area contributed by atoms with Crippen molar-refractivity contribution in [1.82, 2.24) is 0 Å². The third-order valence-corrected chi connectivity index (χ3v) is 1.23. The second-order valence-electron chi connectivity index (χ2n) is 2.01. The molecule has 57 valence electrons. The maximum Gasteiger partial charge on any atom is 0.338 e. The Morgan fingerprint density at radius 2 is 2.00 bits per heavy atom. The highest BCUT2D eigenvalue weighted by Gasteiger charge is 2.02. The Bertz CT molecular complexity index is 229. The number of hydrogen-bond acceptors (Lipinski definition) is 2. The largest absolute Gasteiger partial charge is 0.455 e. The average molecular weight is 149 g/mol. The summed E-state index contributed by atoms with van der Waals surface area (Å²) in [6.45, 7) is 3.04. The fourth-order valence-electron chi connectivity index (χ4n) is 0.749. The van der Waals surface area contributed by atoms with E-state index in [1.807, 2.05) is 6.07 Å². The van der Waals surface area contributed by atoms with E-state index in [0.717, 1.165) is 0 Å². The van der Waals surface area contributed by atoms with E-state index in [4.69, 9.17) is 0 Å². The monoisotopic (exact) mass is 149 g/mol. The van der Waals surface area contributed by atoms with Crippen LogP contribution in [0, 0.1) is 6.61 Å². The summed E-state index contributed by atoms with van der Waals surface area (Å²) in [6.07, 6.45) is 0. The summed E-state index contributed by atoms with van der Waals surface area (Å²) in [6, 6.07) is 8.88. The van der Waals surface area contributed by atoms with Gasteiger partial charge in [-0.05, 0) is 19.1 Å². The molecule has 0 atom stereocenters. The second kappa shape index (κ2) is 3.76. The first-order valence-electron chi connectivity index (χ1n) is 3.38. The van der Waals surface area contributed by atoms with E-state index in [1.165, 1.54) is 6.61 Å². The van der Waals surface area contributed by atoms with Gasteiger partial charge in [-0.1, -0.05) is 18.2 Å². The molecular formula is C9H9O2. The van der Waals surface area contributed by atoms with E-state index in [9.17, 15) is 4.79 Å². The van der Waals surface area contributed by atoms with Crippen LogP contribution in [0.3, 0.4) is 0 Å². The fourth-order valence-corrected chi connectivity index (χ4v) is 0.749. The summed E-state index contributed by atoms with van der Waals surface area (Å²) in [4.78, 5) is 11.0.